The van der Waals surface area contributed by atoms with Crippen molar-refractivity contribution in [2.75, 3.05) is 19.0 Å². The SMILES string of the molecule is COC(=O)CC1CNc2ccc([N+](=O)[O-])c3[nH]c(=O)c(=O)n1c23. The third-order valence-corrected chi connectivity index (χ3v) is 3.77. The maximum Gasteiger partial charge on any atom is 0.317 e. The molecule has 0 spiro atoms. The van der Waals surface area contributed by atoms with Crippen molar-refractivity contribution in [3.63, 3.8) is 0 Å². The van der Waals surface area contributed by atoms with E-state index in [2.05, 4.69) is 15.0 Å². The smallest absolute Gasteiger partial charge is 0.317 e. The number of methoxy groups -OCH3 is 1. The van der Waals surface area contributed by atoms with Crippen molar-refractivity contribution >= 4 is 28.4 Å². The number of non-ortho nitro benzene ring substituents is 1. The maximum absolute atomic E-state index is 12.2. The van der Waals surface area contributed by atoms with Crippen molar-refractivity contribution in [2.24, 2.45) is 0 Å². The Kier molecular flexibility index (Phi) is 3.36. The summed E-state index contributed by atoms with van der Waals surface area (Å²) in [4.78, 5) is 48.4. The van der Waals surface area contributed by atoms with Gasteiger partial charge >= 0.3 is 17.1 Å². The lowest BCUT2D eigenvalue weighted by Crippen LogP contribution is -2.43. The Balaban J connectivity index is 2.36. The van der Waals surface area contributed by atoms with E-state index in [0.717, 1.165) is 4.57 Å². The lowest BCUT2D eigenvalue weighted by Gasteiger charge is -2.27. The van der Waals surface area contributed by atoms with Crippen LogP contribution in [-0.2, 0) is 9.53 Å². The van der Waals surface area contributed by atoms with Crippen LogP contribution in [0.2, 0.25) is 0 Å². The van der Waals surface area contributed by atoms with Crippen LogP contribution in [0.3, 0.4) is 0 Å². The number of carbonyl (C=O) groups is 1. The number of nitrogens with zero attached hydrogens (tertiary/aromatic N) is 2. The van der Waals surface area contributed by atoms with Crippen LogP contribution in [0, 0.1) is 10.1 Å². The molecule has 1 aliphatic heterocycles. The lowest BCUT2D eigenvalue weighted by atomic mass is 10.1. The molecule has 0 amide bonds. The van der Waals surface area contributed by atoms with Crippen LogP contribution in [0.4, 0.5) is 11.4 Å². The number of esters is 1. The molecule has 1 unspecified atom stereocenters. The largest absolute Gasteiger partial charge is 0.469 e. The number of carbonyl (C=O) groups excluding carboxylic acids is 1. The molecule has 1 aliphatic rings. The van der Waals surface area contributed by atoms with Crippen molar-refractivity contribution in [3.8, 4) is 0 Å². The van der Waals surface area contributed by atoms with Crippen LogP contribution >= 0.6 is 0 Å². The Morgan fingerprint density at radius 1 is 1.48 bits per heavy atom. The van der Waals surface area contributed by atoms with Crippen LogP contribution in [0.1, 0.15) is 12.5 Å². The minimum absolute atomic E-state index is 0.0563. The fourth-order valence-electron chi connectivity index (χ4n) is 2.73. The Morgan fingerprint density at radius 2 is 2.22 bits per heavy atom. The van der Waals surface area contributed by atoms with Crippen molar-refractivity contribution in [1.29, 1.82) is 0 Å². The summed E-state index contributed by atoms with van der Waals surface area (Å²) in [6, 6.07) is 2.04. The number of ether oxygens (including phenoxy) is 1. The molecule has 0 saturated carbocycles. The molecular weight excluding hydrogens is 308 g/mol. The molecule has 120 valence electrons. The van der Waals surface area contributed by atoms with Crippen LogP contribution in [0.25, 0.3) is 11.0 Å². The zero-order valence-electron chi connectivity index (χ0n) is 12.0. The van der Waals surface area contributed by atoms with E-state index in [9.17, 15) is 24.5 Å². The Morgan fingerprint density at radius 3 is 2.87 bits per heavy atom. The van der Waals surface area contributed by atoms with E-state index >= 15 is 0 Å². The second kappa shape index (κ2) is 5.23. The number of hydrogen-bond donors (Lipinski definition) is 2. The average Bonchev–Trinajstić information content (AvgIpc) is 2.52. The van der Waals surface area contributed by atoms with E-state index in [1.165, 1.54) is 19.2 Å². The van der Waals surface area contributed by atoms with Crippen LogP contribution in [0.5, 0.6) is 0 Å². The Labute approximate surface area is 127 Å². The van der Waals surface area contributed by atoms with Crippen molar-refractivity contribution in [1.82, 2.24) is 9.55 Å². The highest BCUT2D eigenvalue weighted by molar-refractivity contribution is 5.95. The number of nitro groups is 1. The summed E-state index contributed by atoms with van der Waals surface area (Å²) < 4.78 is 5.72. The van der Waals surface area contributed by atoms with Gasteiger partial charge in [-0.25, -0.2) is 0 Å². The van der Waals surface area contributed by atoms with Gasteiger partial charge in [-0.15, -0.1) is 0 Å². The summed E-state index contributed by atoms with van der Waals surface area (Å²) in [7, 11) is 1.22. The summed E-state index contributed by atoms with van der Waals surface area (Å²) in [5.41, 5.74) is -1.55. The Hall–Kier alpha value is -3.17. The van der Waals surface area contributed by atoms with Crippen molar-refractivity contribution in [2.45, 2.75) is 12.5 Å². The number of hydrogen-bond acceptors (Lipinski definition) is 7. The molecule has 0 fully saturated rings. The molecule has 2 aromatic rings. The number of benzene rings is 1. The number of nitro benzene ring substituents is 1. The third kappa shape index (κ3) is 2.24. The highest BCUT2D eigenvalue weighted by Crippen LogP contribution is 2.33. The average molecular weight is 320 g/mol. The first-order valence-corrected chi connectivity index (χ1v) is 6.70. The molecule has 10 heteroatoms. The molecule has 1 aromatic carbocycles. The van der Waals surface area contributed by atoms with Gasteiger partial charge in [0, 0.05) is 12.6 Å². The lowest BCUT2D eigenvalue weighted by molar-refractivity contribution is -0.383. The second-order valence-electron chi connectivity index (χ2n) is 5.06. The van der Waals surface area contributed by atoms with E-state index in [4.69, 9.17) is 0 Å². The molecule has 0 bridgehead atoms. The summed E-state index contributed by atoms with van der Waals surface area (Å²) in [5.74, 6) is -0.550. The van der Waals surface area contributed by atoms with Gasteiger partial charge < -0.3 is 15.0 Å². The first-order chi connectivity index (χ1) is 10.9. The summed E-state index contributed by atoms with van der Waals surface area (Å²) >= 11 is 0. The first-order valence-electron chi connectivity index (χ1n) is 6.70. The van der Waals surface area contributed by atoms with Gasteiger partial charge in [0.2, 0.25) is 0 Å². The standard InChI is InChI=1S/C13H12N4O6/c1-23-9(18)4-6-5-14-7-2-3-8(17(21)22)10-11(7)16(6)13(20)12(19)15-10/h2-3,6,14H,4-5H2,1H3,(H,15,19). The monoisotopic (exact) mass is 320 g/mol. The van der Waals surface area contributed by atoms with Gasteiger partial charge in [0.25, 0.3) is 5.69 Å². The fraction of sp³-hybridized carbons (Fsp3) is 0.308. The first kappa shape index (κ1) is 14.8. The minimum atomic E-state index is -0.977. The summed E-state index contributed by atoms with van der Waals surface area (Å²) in [6.45, 7) is 0.221. The van der Waals surface area contributed by atoms with Crippen molar-refractivity contribution < 1.29 is 14.5 Å². The van der Waals surface area contributed by atoms with Gasteiger partial charge in [-0.2, -0.15) is 0 Å². The molecule has 23 heavy (non-hydrogen) atoms. The number of anilines is 1. The van der Waals surface area contributed by atoms with Gasteiger partial charge in [-0.1, -0.05) is 0 Å². The molecule has 1 aromatic heterocycles. The second-order valence-corrected chi connectivity index (χ2v) is 5.06. The zero-order valence-corrected chi connectivity index (χ0v) is 12.0. The maximum atomic E-state index is 12.2. The van der Waals surface area contributed by atoms with Gasteiger partial charge in [0.15, 0.2) is 0 Å². The van der Waals surface area contributed by atoms with Gasteiger partial charge in [-0.05, 0) is 6.07 Å². The summed E-state index contributed by atoms with van der Waals surface area (Å²) in [6.07, 6.45) is -0.135. The van der Waals surface area contributed by atoms with E-state index in [1.54, 1.807) is 0 Å². The van der Waals surface area contributed by atoms with E-state index in [-0.39, 0.29) is 29.7 Å². The van der Waals surface area contributed by atoms with E-state index < -0.39 is 28.1 Å². The molecule has 3 rings (SSSR count). The molecular formula is C13H12N4O6. The molecule has 1 atom stereocenters. The molecule has 0 aliphatic carbocycles. The molecule has 2 N–H and O–H groups in total. The highest BCUT2D eigenvalue weighted by atomic mass is 16.6. The number of H-pyrrole nitrogens is 1. The predicted molar refractivity (Wildman–Crippen MR) is 79.6 cm³/mol. The predicted octanol–water partition coefficient (Wildman–Crippen LogP) is 0.128. The zero-order chi connectivity index (χ0) is 16.7. The number of aromatic amines is 1. The van der Waals surface area contributed by atoms with Crippen LogP contribution in [-0.4, -0.2) is 34.1 Å². The van der Waals surface area contributed by atoms with Gasteiger partial charge in [0.05, 0.1) is 35.7 Å². The Bertz CT molecular complexity index is 944. The number of rotatable bonds is 3. The minimum Gasteiger partial charge on any atom is -0.469 e. The van der Waals surface area contributed by atoms with Crippen LogP contribution < -0.4 is 16.4 Å². The molecule has 0 saturated heterocycles. The fourth-order valence-corrected chi connectivity index (χ4v) is 2.73. The quantitative estimate of drug-likeness (QED) is 0.355. The third-order valence-electron chi connectivity index (χ3n) is 3.77. The topological polar surface area (TPSA) is 136 Å². The molecule has 0 radical (unpaired) electrons. The van der Waals surface area contributed by atoms with E-state index in [0.29, 0.717) is 5.69 Å². The van der Waals surface area contributed by atoms with Gasteiger partial charge in [0.1, 0.15) is 5.52 Å². The van der Waals surface area contributed by atoms with Gasteiger partial charge in [-0.3, -0.25) is 29.1 Å². The summed E-state index contributed by atoms with van der Waals surface area (Å²) in [5, 5.41) is 14.2. The normalized spacial score (nSPS) is 16.0. The number of aromatic nitrogens is 2. The number of nitrogens with one attached hydrogen (secondary N) is 2. The molecule has 10 nitrogen and oxygen atoms in total. The molecule has 2 heterocycles. The highest BCUT2D eigenvalue weighted by Gasteiger charge is 2.29. The van der Waals surface area contributed by atoms with E-state index in [1.807, 2.05) is 0 Å². The van der Waals surface area contributed by atoms with Crippen molar-refractivity contribution in [3.05, 3.63) is 43.0 Å². The van der Waals surface area contributed by atoms with Crippen LogP contribution in [0.15, 0.2) is 21.7 Å².